The van der Waals surface area contributed by atoms with Crippen molar-refractivity contribution in [3.63, 3.8) is 0 Å². The molecule has 2 rings (SSSR count). The van der Waals surface area contributed by atoms with Gasteiger partial charge in [0.1, 0.15) is 5.75 Å². The van der Waals surface area contributed by atoms with Crippen molar-refractivity contribution in [3.8, 4) is 5.75 Å². The standard InChI is InChI=1S/C19H28O4/c1-19(2,3)17-11-18(23-13-22-10-9-21-4)15-8-6-5-7-14(15)16(17)12-20/h11-12H,5-10,13H2,1-4H3. The molecule has 4 heteroatoms. The van der Waals surface area contributed by atoms with Crippen molar-refractivity contribution in [1.82, 2.24) is 0 Å². The number of carbonyl (C=O) groups is 1. The molecule has 0 bridgehead atoms. The highest BCUT2D eigenvalue weighted by Crippen LogP contribution is 2.38. The number of hydrogen-bond acceptors (Lipinski definition) is 4. The molecule has 0 heterocycles. The number of fused-ring (bicyclic) bond motifs is 1. The first-order valence-corrected chi connectivity index (χ1v) is 8.33. The largest absolute Gasteiger partial charge is 0.467 e. The molecule has 0 aromatic heterocycles. The normalized spacial score (nSPS) is 14.4. The summed E-state index contributed by atoms with van der Waals surface area (Å²) < 4.78 is 16.3. The summed E-state index contributed by atoms with van der Waals surface area (Å²) in [5.41, 5.74) is 4.17. The lowest BCUT2D eigenvalue weighted by Gasteiger charge is -2.28. The number of benzene rings is 1. The molecule has 0 N–H and O–H groups in total. The quantitative estimate of drug-likeness (QED) is 0.437. The summed E-state index contributed by atoms with van der Waals surface area (Å²) in [5, 5.41) is 0. The van der Waals surface area contributed by atoms with Gasteiger partial charge in [-0.05, 0) is 53.9 Å². The van der Waals surface area contributed by atoms with Gasteiger partial charge in [-0.15, -0.1) is 0 Å². The topological polar surface area (TPSA) is 44.8 Å². The Labute approximate surface area is 139 Å². The van der Waals surface area contributed by atoms with Gasteiger partial charge in [-0.3, -0.25) is 4.79 Å². The molecule has 1 aliphatic carbocycles. The van der Waals surface area contributed by atoms with Gasteiger partial charge in [0.2, 0.25) is 0 Å². The molecule has 1 aliphatic rings. The number of aldehydes is 1. The molecule has 0 amide bonds. The molecule has 0 saturated carbocycles. The number of rotatable bonds is 7. The van der Waals surface area contributed by atoms with Crippen LogP contribution in [0, 0.1) is 0 Å². The number of hydrogen-bond donors (Lipinski definition) is 0. The van der Waals surface area contributed by atoms with E-state index in [-0.39, 0.29) is 12.2 Å². The van der Waals surface area contributed by atoms with E-state index in [1.807, 2.05) is 6.07 Å². The minimum Gasteiger partial charge on any atom is -0.467 e. The van der Waals surface area contributed by atoms with Crippen LogP contribution in [0.1, 0.15) is 60.7 Å². The van der Waals surface area contributed by atoms with Gasteiger partial charge in [0, 0.05) is 12.7 Å². The fraction of sp³-hybridized carbons (Fsp3) is 0.632. The molecule has 0 aliphatic heterocycles. The van der Waals surface area contributed by atoms with Crippen LogP contribution in [-0.2, 0) is 27.7 Å². The van der Waals surface area contributed by atoms with Gasteiger partial charge in [0.25, 0.3) is 0 Å². The zero-order valence-corrected chi connectivity index (χ0v) is 14.7. The zero-order valence-electron chi connectivity index (χ0n) is 14.7. The van der Waals surface area contributed by atoms with Gasteiger partial charge in [-0.2, -0.15) is 0 Å². The second-order valence-electron chi connectivity index (χ2n) is 7.03. The van der Waals surface area contributed by atoms with Crippen LogP contribution in [0.2, 0.25) is 0 Å². The Balaban J connectivity index is 2.31. The van der Waals surface area contributed by atoms with Gasteiger partial charge in [0.15, 0.2) is 13.1 Å². The molecular formula is C19H28O4. The highest BCUT2D eigenvalue weighted by molar-refractivity contribution is 5.82. The van der Waals surface area contributed by atoms with Crippen molar-refractivity contribution in [1.29, 1.82) is 0 Å². The van der Waals surface area contributed by atoms with E-state index < -0.39 is 0 Å². The van der Waals surface area contributed by atoms with Gasteiger partial charge < -0.3 is 14.2 Å². The smallest absolute Gasteiger partial charge is 0.189 e. The molecule has 4 nitrogen and oxygen atoms in total. The summed E-state index contributed by atoms with van der Waals surface area (Å²) in [6, 6.07) is 2.04. The van der Waals surface area contributed by atoms with Crippen molar-refractivity contribution in [2.45, 2.75) is 51.9 Å². The Morgan fingerprint density at radius 3 is 2.43 bits per heavy atom. The molecule has 128 valence electrons. The highest BCUT2D eigenvalue weighted by Gasteiger charge is 2.26. The van der Waals surface area contributed by atoms with Crippen LogP contribution in [-0.4, -0.2) is 33.4 Å². The van der Waals surface area contributed by atoms with Crippen molar-refractivity contribution in [2.24, 2.45) is 0 Å². The Hall–Kier alpha value is -1.39. The third-order valence-electron chi connectivity index (χ3n) is 4.31. The molecule has 0 spiro atoms. The van der Waals surface area contributed by atoms with Crippen molar-refractivity contribution in [3.05, 3.63) is 28.3 Å². The monoisotopic (exact) mass is 320 g/mol. The first kappa shape index (κ1) is 18.0. The van der Waals surface area contributed by atoms with Gasteiger partial charge in [-0.25, -0.2) is 0 Å². The average Bonchev–Trinajstić information content (AvgIpc) is 2.53. The van der Waals surface area contributed by atoms with Crippen LogP contribution in [0.15, 0.2) is 6.07 Å². The number of methoxy groups -OCH3 is 1. The summed E-state index contributed by atoms with van der Waals surface area (Å²) in [5.74, 6) is 0.868. The minimum atomic E-state index is -0.0995. The van der Waals surface area contributed by atoms with E-state index >= 15 is 0 Å². The fourth-order valence-corrected chi connectivity index (χ4v) is 3.12. The van der Waals surface area contributed by atoms with Crippen molar-refractivity contribution < 1.29 is 19.0 Å². The SMILES string of the molecule is COCCOCOc1cc(C(C)(C)C)c(C=O)c2c1CCCC2. The highest BCUT2D eigenvalue weighted by atomic mass is 16.7. The summed E-state index contributed by atoms with van der Waals surface area (Å²) >= 11 is 0. The predicted octanol–water partition coefficient (Wildman–Crippen LogP) is 3.67. The maximum Gasteiger partial charge on any atom is 0.189 e. The van der Waals surface area contributed by atoms with E-state index in [0.717, 1.165) is 48.8 Å². The second kappa shape index (κ2) is 7.93. The van der Waals surface area contributed by atoms with E-state index in [4.69, 9.17) is 14.2 Å². The van der Waals surface area contributed by atoms with Gasteiger partial charge in [0.05, 0.1) is 13.2 Å². The Morgan fingerprint density at radius 2 is 1.83 bits per heavy atom. The summed E-state index contributed by atoms with van der Waals surface area (Å²) in [4.78, 5) is 11.7. The Bertz CT molecular complexity index is 543. The molecule has 0 unspecified atom stereocenters. The van der Waals surface area contributed by atoms with Crippen LogP contribution in [0.25, 0.3) is 0 Å². The molecular weight excluding hydrogens is 292 g/mol. The first-order valence-electron chi connectivity index (χ1n) is 8.33. The van der Waals surface area contributed by atoms with Crippen LogP contribution >= 0.6 is 0 Å². The molecule has 0 saturated heterocycles. The van der Waals surface area contributed by atoms with Crippen LogP contribution in [0.3, 0.4) is 0 Å². The van der Waals surface area contributed by atoms with Gasteiger partial charge >= 0.3 is 0 Å². The molecule has 0 fully saturated rings. The maximum atomic E-state index is 11.7. The third kappa shape index (κ3) is 4.33. The lowest BCUT2D eigenvalue weighted by Crippen LogP contribution is -2.20. The Morgan fingerprint density at radius 1 is 1.13 bits per heavy atom. The first-order chi connectivity index (χ1) is 11.0. The summed E-state index contributed by atoms with van der Waals surface area (Å²) in [6.07, 6.45) is 5.21. The van der Waals surface area contributed by atoms with Crippen LogP contribution < -0.4 is 4.74 Å². The van der Waals surface area contributed by atoms with Gasteiger partial charge in [-0.1, -0.05) is 20.8 Å². The molecule has 1 aromatic rings. The van der Waals surface area contributed by atoms with Crippen LogP contribution in [0.4, 0.5) is 0 Å². The molecule has 23 heavy (non-hydrogen) atoms. The van der Waals surface area contributed by atoms with E-state index in [1.165, 1.54) is 11.1 Å². The zero-order chi connectivity index (χ0) is 16.9. The van der Waals surface area contributed by atoms with E-state index in [2.05, 4.69) is 20.8 Å². The van der Waals surface area contributed by atoms with E-state index in [0.29, 0.717) is 13.2 Å². The molecule has 1 aromatic carbocycles. The second-order valence-corrected chi connectivity index (χ2v) is 7.03. The van der Waals surface area contributed by atoms with E-state index in [9.17, 15) is 4.79 Å². The molecule has 0 radical (unpaired) electrons. The molecule has 0 atom stereocenters. The summed E-state index contributed by atoms with van der Waals surface area (Å²) in [6.45, 7) is 7.66. The predicted molar refractivity (Wildman–Crippen MR) is 90.5 cm³/mol. The minimum absolute atomic E-state index is 0.0995. The lowest BCUT2D eigenvalue weighted by atomic mass is 9.78. The lowest BCUT2D eigenvalue weighted by molar-refractivity contribution is -0.00901. The summed E-state index contributed by atoms with van der Waals surface area (Å²) in [7, 11) is 1.65. The average molecular weight is 320 g/mol. The van der Waals surface area contributed by atoms with Crippen LogP contribution in [0.5, 0.6) is 5.75 Å². The third-order valence-corrected chi connectivity index (χ3v) is 4.31. The Kier molecular flexibility index (Phi) is 6.19. The van der Waals surface area contributed by atoms with E-state index in [1.54, 1.807) is 7.11 Å². The number of carbonyl (C=O) groups excluding carboxylic acids is 1. The van der Waals surface area contributed by atoms with Crippen molar-refractivity contribution >= 4 is 6.29 Å². The maximum absolute atomic E-state index is 11.7. The number of ether oxygens (including phenoxy) is 3. The fourth-order valence-electron chi connectivity index (χ4n) is 3.12. The van der Waals surface area contributed by atoms with Crippen molar-refractivity contribution in [2.75, 3.05) is 27.1 Å².